The summed E-state index contributed by atoms with van der Waals surface area (Å²) in [6.07, 6.45) is 2.02. The van der Waals surface area contributed by atoms with Crippen LogP contribution in [-0.2, 0) is 4.74 Å². The van der Waals surface area contributed by atoms with Gasteiger partial charge in [-0.1, -0.05) is 5.16 Å². The highest BCUT2D eigenvalue weighted by atomic mass is 19.1. The van der Waals surface area contributed by atoms with E-state index in [0.29, 0.717) is 30.3 Å². The molecule has 0 saturated carbocycles. The molecule has 1 aliphatic rings. The molecule has 1 aromatic heterocycles. The van der Waals surface area contributed by atoms with Crippen LogP contribution in [0.2, 0.25) is 0 Å². The second kappa shape index (κ2) is 4.86. The number of fused-ring (bicyclic) bond motifs is 1. The number of aldehydes is 1. The molecule has 0 spiro atoms. The summed E-state index contributed by atoms with van der Waals surface area (Å²) in [6.45, 7) is 4.91. The van der Waals surface area contributed by atoms with Crippen LogP contribution in [0, 0.1) is 5.82 Å². The summed E-state index contributed by atoms with van der Waals surface area (Å²) in [5.41, 5.74) is 0.656. The van der Waals surface area contributed by atoms with Crippen LogP contribution in [0.15, 0.2) is 16.8 Å². The number of benzene rings is 1. The zero-order chi connectivity index (χ0) is 14.3. The molecule has 20 heavy (non-hydrogen) atoms. The van der Waals surface area contributed by atoms with E-state index in [1.807, 2.05) is 18.7 Å². The van der Waals surface area contributed by atoms with Crippen LogP contribution >= 0.6 is 0 Å². The fourth-order valence-electron chi connectivity index (χ4n) is 2.76. The quantitative estimate of drug-likeness (QED) is 0.789. The van der Waals surface area contributed by atoms with Crippen molar-refractivity contribution in [3.63, 3.8) is 0 Å². The zero-order valence-electron chi connectivity index (χ0n) is 11.3. The molecule has 0 N–H and O–H groups in total. The number of anilines is 1. The van der Waals surface area contributed by atoms with Crippen LogP contribution in [-0.4, -0.2) is 36.7 Å². The van der Waals surface area contributed by atoms with Crippen molar-refractivity contribution in [1.29, 1.82) is 0 Å². The molecule has 1 aliphatic heterocycles. The minimum Gasteiger partial charge on any atom is -0.372 e. The first-order valence-corrected chi connectivity index (χ1v) is 6.52. The topological polar surface area (TPSA) is 55.6 Å². The Balaban J connectivity index is 2.13. The number of hydrogen-bond donors (Lipinski definition) is 0. The highest BCUT2D eigenvalue weighted by molar-refractivity contribution is 5.94. The van der Waals surface area contributed by atoms with Gasteiger partial charge in [-0.3, -0.25) is 4.79 Å². The molecular formula is C14H15FN2O3. The molecule has 0 amide bonds. The predicted molar refractivity (Wildman–Crippen MR) is 71.6 cm³/mol. The van der Waals surface area contributed by atoms with Crippen LogP contribution in [0.5, 0.6) is 0 Å². The molecule has 3 rings (SSSR count). The lowest BCUT2D eigenvalue weighted by atomic mass is 10.1. The standard InChI is InChI=1S/C14H15FN2O3/c1-8-5-17(6-9(2)19-8)13-11(7-18)3-10-4-16-20-14(10)12(13)15/h3-4,7-9H,5-6H2,1-2H3/t8-,9+. The Bertz CT molecular complexity index is 645. The van der Waals surface area contributed by atoms with Crippen molar-refractivity contribution in [2.45, 2.75) is 26.1 Å². The van der Waals surface area contributed by atoms with Crippen LogP contribution in [0.3, 0.4) is 0 Å². The van der Waals surface area contributed by atoms with Crippen molar-refractivity contribution in [3.8, 4) is 0 Å². The summed E-state index contributed by atoms with van der Waals surface area (Å²) in [6, 6.07) is 1.60. The van der Waals surface area contributed by atoms with Crippen molar-refractivity contribution in [3.05, 3.63) is 23.6 Å². The van der Waals surface area contributed by atoms with Crippen LogP contribution in [0.25, 0.3) is 11.0 Å². The minimum absolute atomic E-state index is 0.0249. The summed E-state index contributed by atoms with van der Waals surface area (Å²) in [5, 5.41) is 4.07. The van der Waals surface area contributed by atoms with Gasteiger partial charge in [0.25, 0.3) is 0 Å². The van der Waals surface area contributed by atoms with Crippen LogP contribution in [0.1, 0.15) is 24.2 Å². The van der Waals surface area contributed by atoms with Gasteiger partial charge >= 0.3 is 0 Å². The van der Waals surface area contributed by atoms with Crippen molar-refractivity contribution < 1.29 is 18.4 Å². The molecule has 1 aromatic carbocycles. The summed E-state index contributed by atoms with van der Waals surface area (Å²) in [5.74, 6) is -0.539. The van der Waals surface area contributed by atoms with Gasteiger partial charge in [0.05, 0.1) is 24.1 Å². The lowest BCUT2D eigenvalue weighted by molar-refractivity contribution is -0.00542. The van der Waals surface area contributed by atoms with E-state index in [2.05, 4.69) is 5.16 Å². The van der Waals surface area contributed by atoms with E-state index in [1.165, 1.54) is 6.20 Å². The highest BCUT2D eigenvalue weighted by Gasteiger charge is 2.28. The fraction of sp³-hybridized carbons (Fsp3) is 0.429. The van der Waals surface area contributed by atoms with E-state index in [9.17, 15) is 9.18 Å². The molecular weight excluding hydrogens is 263 g/mol. The molecule has 5 nitrogen and oxygen atoms in total. The van der Waals surface area contributed by atoms with E-state index in [0.717, 1.165) is 0 Å². The third kappa shape index (κ3) is 2.06. The number of morpholine rings is 1. The van der Waals surface area contributed by atoms with E-state index in [1.54, 1.807) is 6.07 Å². The minimum atomic E-state index is -0.539. The summed E-state index contributed by atoms with van der Waals surface area (Å²) >= 11 is 0. The average molecular weight is 278 g/mol. The molecule has 1 fully saturated rings. The first-order chi connectivity index (χ1) is 9.60. The van der Waals surface area contributed by atoms with E-state index < -0.39 is 5.82 Å². The second-order valence-corrected chi connectivity index (χ2v) is 5.15. The molecule has 2 atom stereocenters. The van der Waals surface area contributed by atoms with E-state index >= 15 is 0 Å². The molecule has 0 radical (unpaired) electrons. The molecule has 0 unspecified atom stereocenters. The predicted octanol–water partition coefficient (Wildman–Crippen LogP) is 2.39. The first-order valence-electron chi connectivity index (χ1n) is 6.52. The largest absolute Gasteiger partial charge is 0.372 e. The molecule has 0 aliphatic carbocycles. The lowest BCUT2D eigenvalue weighted by Crippen LogP contribution is -2.46. The highest BCUT2D eigenvalue weighted by Crippen LogP contribution is 2.32. The Kier molecular flexibility index (Phi) is 3.17. The molecule has 2 heterocycles. The summed E-state index contributed by atoms with van der Waals surface area (Å²) in [7, 11) is 0. The first kappa shape index (κ1) is 13.1. The van der Waals surface area contributed by atoms with Crippen molar-refractivity contribution in [2.24, 2.45) is 0 Å². The van der Waals surface area contributed by atoms with E-state index in [-0.39, 0.29) is 23.5 Å². The van der Waals surface area contributed by atoms with Gasteiger partial charge in [0, 0.05) is 24.0 Å². The van der Waals surface area contributed by atoms with Crippen molar-refractivity contribution >= 4 is 22.9 Å². The van der Waals surface area contributed by atoms with Gasteiger partial charge in [0.1, 0.15) is 0 Å². The lowest BCUT2D eigenvalue weighted by Gasteiger charge is -2.37. The molecule has 0 bridgehead atoms. The smallest absolute Gasteiger partial charge is 0.204 e. The van der Waals surface area contributed by atoms with Gasteiger partial charge in [-0.2, -0.15) is 0 Å². The molecule has 6 heteroatoms. The average Bonchev–Trinajstić information content (AvgIpc) is 2.85. The van der Waals surface area contributed by atoms with Gasteiger partial charge in [-0.15, -0.1) is 0 Å². The molecule has 106 valence electrons. The number of hydrogen-bond acceptors (Lipinski definition) is 5. The maximum Gasteiger partial charge on any atom is 0.204 e. The Hall–Kier alpha value is -1.95. The van der Waals surface area contributed by atoms with E-state index in [4.69, 9.17) is 9.26 Å². The van der Waals surface area contributed by atoms with Gasteiger partial charge in [0.2, 0.25) is 5.58 Å². The van der Waals surface area contributed by atoms with Gasteiger partial charge in [-0.05, 0) is 19.9 Å². The SMILES string of the molecule is C[C@@H]1CN(c2c(C=O)cc3cnoc3c2F)C[C@H](C)O1. The number of aromatic nitrogens is 1. The number of halogens is 1. The Morgan fingerprint density at radius 2 is 2.10 bits per heavy atom. The normalized spacial score (nSPS) is 23.2. The summed E-state index contributed by atoms with van der Waals surface area (Å²) < 4.78 is 25.2. The zero-order valence-corrected chi connectivity index (χ0v) is 11.3. The van der Waals surface area contributed by atoms with Gasteiger partial charge < -0.3 is 14.2 Å². The summed E-state index contributed by atoms with van der Waals surface area (Å²) in [4.78, 5) is 13.1. The third-order valence-corrected chi connectivity index (χ3v) is 3.45. The Labute approximate surface area is 115 Å². The monoisotopic (exact) mass is 278 g/mol. The van der Waals surface area contributed by atoms with Gasteiger partial charge in [0.15, 0.2) is 12.1 Å². The number of carbonyl (C=O) groups is 1. The Morgan fingerprint density at radius 3 is 2.75 bits per heavy atom. The number of carbonyl (C=O) groups excluding carboxylic acids is 1. The van der Waals surface area contributed by atoms with Crippen LogP contribution < -0.4 is 4.90 Å². The Morgan fingerprint density at radius 1 is 1.40 bits per heavy atom. The number of rotatable bonds is 2. The maximum atomic E-state index is 14.6. The van der Waals surface area contributed by atoms with Crippen molar-refractivity contribution in [2.75, 3.05) is 18.0 Å². The van der Waals surface area contributed by atoms with Crippen LogP contribution in [0.4, 0.5) is 10.1 Å². The molecule has 2 aromatic rings. The maximum absolute atomic E-state index is 14.6. The second-order valence-electron chi connectivity index (χ2n) is 5.15. The fourth-order valence-corrected chi connectivity index (χ4v) is 2.76. The molecule has 1 saturated heterocycles. The van der Waals surface area contributed by atoms with Gasteiger partial charge in [-0.25, -0.2) is 4.39 Å². The number of nitrogens with zero attached hydrogens (tertiary/aromatic N) is 2. The number of ether oxygens (including phenoxy) is 1. The third-order valence-electron chi connectivity index (χ3n) is 3.45. The van der Waals surface area contributed by atoms with Crippen molar-refractivity contribution in [1.82, 2.24) is 5.16 Å².